The van der Waals surface area contributed by atoms with Gasteiger partial charge < -0.3 is 19.7 Å². The Kier molecular flexibility index (Phi) is 4.46. The highest BCUT2D eigenvalue weighted by Gasteiger charge is 2.78. The molecule has 0 spiro atoms. The Balaban J connectivity index is 1.47. The van der Waals surface area contributed by atoms with Gasteiger partial charge in [-0.2, -0.15) is 0 Å². The van der Waals surface area contributed by atoms with Crippen LogP contribution in [0.2, 0.25) is 0 Å². The van der Waals surface area contributed by atoms with E-state index < -0.39 is 16.6 Å². The van der Waals surface area contributed by atoms with Gasteiger partial charge >= 0.3 is 11.9 Å². The van der Waals surface area contributed by atoms with Crippen molar-refractivity contribution in [2.45, 2.75) is 90.6 Å². The summed E-state index contributed by atoms with van der Waals surface area (Å²) >= 11 is 0. The largest absolute Gasteiger partial charge is 0.461 e. The SMILES string of the molecule is CC1=C[C@@H]2[C@H]3[C@H](C(C)=C4[C@H]5OC(=O)[C@@H](C)[C@@H]5CC[C@@](C)(O)[C@@H]43)[C@@]13[C@@H]2[C@](C)(O)CC[C@H]1[C@H](C)C(=O)O[C@@H]13. The maximum absolute atomic E-state index is 13.0. The first-order chi connectivity index (χ1) is 16.8. The van der Waals surface area contributed by atoms with E-state index in [-0.39, 0.29) is 77.4 Å². The number of fused-ring (bicyclic) bond motifs is 7. The van der Waals surface area contributed by atoms with Gasteiger partial charge in [-0.1, -0.05) is 31.1 Å². The fraction of sp³-hybridized carbons (Fsp3) is 0.800. The molecule has 7 aliphatic rings. The molecule has 2 N–H and O–H groups in total. The van der Waals surface area contributed by atoms with E-state index in [0.717, 1.165) is 18.4 Å². The van der Waals surface area contributed by atoms with Crippen molar-refractivity contribution in [1.29, 1.82) is 0 Å². The molecule has 36 heavy (non-hydrogen) atoms. The van der Waals surface area contributed by atoms with Crippen LogP contribution in [0, 0.1) is 58.7 Å². The molecular formula is C30H40O6. The predicted octanol–water partition coefficient (Wildman–Crippen LogP) is 3.80. The number of esters is 2. The third kappa shape index (κ3) is 2.43. The van der Waals surface area contributed by atoms with Gasteiger partial charge in [0, 0.05) is 29.1 Å². The lowest BCUT2D eigenvalue weighted by atomic mass is 9.58. The van der Waals surface area contributed by atoms with E-state index in [1.807, 2.05) is 27.7 Å². The highest BCUT2D eigenvalue weighted by Crippen LogP contribution is 2.78. The standard InChI is InChI=1S/C30H40O6/c1-12-11-18-20-21(30(12)24(18)29(6,34)10-8-17-14(3)27(32)36-25(17)30)15(4)19-22(20)28(5,33)9-7-16-13(2)26(31)35-23(16)19/h11,13-14,16-18,20-25,33-34H,7-10H2,1-6H3/t13-,14-,16-,17-,18+,20-,21-,22-,23-,24-,25-,28+,29+,30+/m0/s1. The van der Waals surface area contributed by atoms with Gasteiger partial charge in [-0.25, -0.2) is 0 Å². The van der Waals surface area contributed by atoms with Crippen LogP contribution in [0.5, 0.6) is 0 Å². The van der Waals surface area contributed by atoms with Crippen LogP contribution in [0.4, 0.5) is 0 Å². The molecule has 7 rings (SSSR count). The van der Waals surface area contributed by atoms with Crippen LogP contribution in [-0.4, -0.2) is 45.6 Å². The van der Waals surface area contributed by atoms with Crippen molar-refractivity contribution in [1.82, 2.24) is 0 Å². The third-order valence-electron chi connectivity index (χ3n) is 12.4. The molecule has 0 aromatic rings. The minimum absolute atomic E-state index is 0.0486. The average molecular weight is 497 g/mol. The van der Waals surface area contributed by atoms with Crippen molar-refractivity contribution in [2.24, 2.45) is 58.7 Å². The van der Waals surface area contributed by atoms with Crippen LogP contribution in [0.1, 0.15) is 67.2 Å². The lowest BCUT2D eigenvalue weighted by Crippen LogP contribution is -2.51. The first kappa shape index (κ1) is 23.5. The lowest BCUT2D eigenvalue weighted by Gasteiger charge is -2.47. The predicted molar refractivity (Wildman–Crippen MR) is 131 cm³/mol. The molecule has 2 heterocycles. The van der Waals surface area contributed by atoms with Crippen LogP contribution in [0.15, 0.2) is 22.8 Å². The van der Waals surface area contributed by atoms with Crippen LogP contribution in [0.3, 0.4) is 0 Å². The molecule has 5 aliphatic carbocycles. The number of hydrogen-bond donors (Lipinski definition) is 2. The molecule has 196 valence electrons. The van der Waals surface area contributed by atoms with E-state index >= 15 is 0 Å². The molecule has 0 amide bonds. The Morgan fingerprint density at radius 3 is 2.22 bits per heavy atom. The summed E-state index contributed by atoms with van der Waals surface area (Å²) in [7, 11) is 0. The second-order valence-corrected chi connectivity index (χ2v) is 13.9. The molecule has 2 bridgehead atoms. The Hall–Kier alpha value is -1.66. The summed E-state index contributed by atoms with van der Waals surface area (Å²) in [4.78, 5) is 25.7. The van der Waals surface area contributed by atoms with Gasteiger partial charge in [-0.3, -0.25) is 9.59 Å². The second kappa shape index (κ2) is 6.85. The summed E-state index contributed by atoms with van der Waals surface area (Å²) < 4.78 is 12.4. The van der Waals surface area contributed by atoms with Gasteiger partial charge in [0.2, 0.25) is 0 Å². The first-order valence-corrected chi connectivity index (χ1v) is 14.1. The average Bonchev–Trinajstić information content (AvgIpc) is 3.49. The molecule has 6 heteroatoms. The number of rotatable bonds is 0. The van der Waals surface area contributed by atoms with Gasteiger partial charge in [0.1, 0.15) is 12.2 Å². The Morgan fingerprint density at radius 2 is 1.50 bits per heavy atom. The molecule has 0 unspecified atom stereocenters. The molecule has 3 saturated carbocycles. The van der Waals surface area contributed by atoms with Gasteiger partial charge in [-0.15, -0.1) is 0 Å². The fourth-order valence-electron chi connectivity index (χ4n) is 11.0. The van der Waals surface area contributed by atoms with Crippen molar-refractivity contribution < 1.29 is 29.3 Å². The summed E-state index contributed by atoms with van der Waals surface area (Å²) in [6, 6.07) is 0. The molecule has 14 atom stereocenters. The smallest absolute Gasteiger partial charge is 0.309 e. The molecule has 5 fully saturated rings. The molecule has 0 aromatic heterocycles. The summed E-state index contributed by atoms with van der Waals surface area (Å²) in [5, 5.41) is 24.1. The fourth-order valence-corrected chi connectivity index (χ4v) is 11.0. The molecule has 0 aromatic carbocycles. The quantitative estimate of drug-likeness (QED) is 0.391. The van der Waals surface area contributed by atoms with Crippen molar-refractivity contribution >= 4 is 11.9 Å². The number of aliphatic hydroxyl groups is 2. The molecule has 2 saturated heterocycles. The zero-order valence-electron chi connectivity index (χ0n) is 22.3. The Labute approximate surface area is 213 Å². The third-order valence-corrected chi connectivity index (χ3v) is 12.4. The minimum Gasteiger partial charge on any atom is -0.461 e. The van der Waals surface area contributed by atoms with E-state index in [1.165, 1.54) is 11.1 Å². The van der Waals surface area contributed by atoms with Crippen molar-refractivity contribution in [3.63, 3.8) is 0 Å². The van der Waals surface area contributed by atoms with Crippen LogP contribution in [0.25, 0.3) is 0 Å². The first-order valence-electron chi connectivity index (χ1n) is 14.1. The minimum atomic E-state index is -0.931. The Morgan fingerprint density at radius 1 is 0.889 bits per heavy atom. The summed E-state index contributed by atoms with van der Waals surface area (Å²) in [6.07, 6.45) is 4.59. The van der Waals surface area contributed by atoms with Crippen LogP contribution < -0.4 is 0 Å². The van der Waals surface area contributed by atoms with Gasteiger partial charge in [-0.05, 0) is 76.7 Å². The normalized spacial score (nSPS) is 58.8. The zero-order valence-corrected chi connectivity index (χ0v) is 22.3. The number of carbonyl (C=O) groups excluding carboxylic acids is 2. The van der Waals surface area contributed by atoms with Crippen molar-refractivity contribution in [3.05, 3.63) is 22.8 Å². The van der Waals surface area contributed by atoms with Gasteiger partial charge in [0.25, 0.3) is 0 Å². The van der Waals surface area contributed by atoms with E-state index in [4.69, 9.17) is 9.47 Å². The second-order valence-electron chi connectivity index (χ2n) is 13.9. The van der Waals surface area contributed by atoms with Crippen LogP contribution >= 0.6 is 0 Å². The topological polar surface area (TPSA) is 93.1 Å². The van der Waals surface area contributed by atoms with Crippen molar-refractivity contribution in [3.8, 4) is 0 Å². The maximum atomic E-state index is 13.0. The maximum Gasteiger partial charge on any atom is 0.309 e. The van der Waals surface area contributed by atoms with Gasteiger partial charge in [0.05, 0.1) is 23.0 Å². The van der Waals surface area contributed by atoms with E-state index in [2.05, 4.69) is 19.9 Å². The highest BCUT2D eigenvalue weighted by atomic mass is 16.6. The Bertz CT molecular complexity index is 1130. The molecular weight excluding hydrogens is 456 g/mol. The number of hydrogen-bond acceptors (Lipinski definition) is 6. The molecule has 0 radical (unpaired) electrons. The summed E-state index contributed by atoms with van der Waals surface area (Å²) in [6.45, 7) is 12.2. The summed E-state index contributed by atoms with van der Waals surface area (Å²) in [5.74, 6) is -0.460. The number of carbonyl (C=O) groups is 2. The highest BCUT2D eigenvalue weighted by molar-refractivity contribution is 5.76. The molecule has 2 aliphatic heterocycles. The number of allylic oxidation sites excluding steroid dienone is 2. The lowest BCUT2D eigenvalue weighted by molar-refractivity contribution is -0.153. The van der Waals surface area contributed by atoms with Gasteiger partial charge in [0.15, 0.2) is 0 Å². The van der Waals surface area contributed by atoms with Crippen molar-refractivity contribution in [2.75, 3.05) is 0 Å². The monoisotopic (exact) mass is 496 g/mol. The van der Waals surface area contributed by atoms with E-state index in [9.17, 15) is 19.8 Å². The summed E-state index contributed by atoms with van der Waals surface area (Å²) in [5.41, 5.74) is 1.23. The zero-order chi connectivity index (χ0) is 25.7. The van der Waals surface area contributed by atoms with E-state index in [1.54, 1.807) is 0 Å². The number of ether oxygens (including phenoxy) is 2. The van der Waals surface area contributed by atoms with E-state index in [0.29, 0.717) is 12.8 Å². The molecule has 6 nitrogen and oxygen atoms in total. The van der Waals surface area contributed by atoms with Crippen LogP contribution in [-0.2, 0) is 19.1 Å².